The summed E-state index contributed by atoms with van der Waals surface area (Å²) in [4.78, 5) is 6.77. The molecule has 0 bridgehead atoms. The minimum Gasteiger partial charge on any atom is -0.495 e. The molecule has 22 heavy (non-hydrogen) atoms. The van der Waals surface area contributed by atoms with Crippen molar-refractivity contribution in [2.75, 3.05) is 38.6 Å². The van der Waals surface area contributed by atoms with E-state index in [4.69, 9.17) is 10.5 Å². The number of anilines is 1. The number of para-hydroxylation sites is 2. The van der Waals surface area contributed by atoms with Gasteiger partial charge >= 0.3 is 0 Å². The summed E-state index contributed by atoms with van der Waals surface area (Å²) in [7, 11) is 1.64. The molecule has 6 heteroatoms. The molecule has 0 aliphatic rings. The van der Waals surface area contributed by atoms with Crippen molar-refractivity contribution in [2.24, 2.45) is 10.7 Å². The second-order valence-electron chi connectivity index (χ2n) is 4.83. The van der Waals surface area contributed by atoms with E-state index in [1.54, 1.807) is 7.11 Å². The Kier molecular flexibility index (Phi) is 11.9. The molecule has 5 nitrogen and oxygen atoms in total. The van der Waals surface area contributed by atoms with Gasteiger partial charge < -0.3 is 20.7 Å². The lowest BCUT2D eigenvalue weighted by Gasteiger charge is -2.17. The Balaban J connectivity index is 0.00000441. The first-order valence-corrected chi connectivity index (χ1v) is 7.63. The van der Waals surface area contributed by atoms with Crippen LogP contribution in [0, 0.1) is 0 Å². The molecule has 0 unspecified atom stereocenters. The molecule has 0 aromatic heterocycles. The van der Waals surface area contributed by atoms with E-state index in [-0.39, 0.29) is 24.0 Å². The number of methoxy groups -OCH3 is 1. The van der Waals surface area contributed by atoms with E-state index >= 15 is 0 Å². The third-order valence-corrected chi connectivity index (χ3v) is 3.43. The zero-order valence-electron chi connectivity index (χ0n) is 13.8. The Labute approximate surface area is 151 Å². The van der Waals surface area contributed by atoms with Gasteiger partial charge in [-0.05, 0) is 44.6 Å². The largest absolute Gasteiger partial charge is 0.495 e. The average Bonchev–Trinajstić information content (AvgIpc) is 2.51. The van der Waals surface area contributed by atoms with Crippen LogP contribution in [0.4, 0.5) is 5.69 Å². The molecule has 1 aromatic carbocycles. The van der Waals surface area contributed by atoms with Gasteiger partial charge in [-0.2, -0.15) is 0 Å². The molecule has 3 N–H and O–H groups in total. The number of rotatable bonds is 9. The monoisotopic (exact) mass is 420 g/mol. The van der Waals surface area contributed by atoms with Crippen LogP contribution in [-0.4, -0.2) is 44.1 Å². The van der Waals surface area contributed by atoms with Gasteiger partial charge in [0.05, 0.1) is 12.8 Å². The van der Waals surface area contributed by atoms with Crippen LogP contribution in [-0.2, 0) is 0 Å². The Morgan fingerprint density at radius 1 is 1.23 bits per heavy atom. The van der Waals surface area contributed by atoms with Crippen LogP contribution in [0.1, 0.15) is 26.7 Å². The average molecular weight is 420 g/mol. The van der Waals surface area contributed by atoms with Crippen molar-refractivity contribution in [1.29, 1.82) is 0 Å². The topological polar surface area (TPSA) is 62.9 Å². The standard InChI is InChI=1S/C16H28N4O.HI/c1-4-20(5-2)13-9-8-12-18-16(17)19-14-10-6-7-11-15(14)21-3;/h6-7,10-11H,4-5,8-9,12-13H2,1-3H3,(H3,17,18,19);1H. The van der Waals surface area contributed by atoms with Crippen LogP contribution < -0.4 is 15.8 Å². The van der Waals surface area contributed by atoms with Gasteiger partial charge in [-0.15, -0.1) is 24.0 Å². The molecule has 0 heterocycles. The molecule has 0 atom stereocenters. The smallest absolute Gasteiger partial charge is 0.193 e. The predicted octanol–water partition coefficient (Wildman–Crippen LogP) is 3.16. The number of nitrogens with zero attached hydrogens (tertiary/aromatic N) is 2. The number of nitrogens with one attached hydrogen (secondary N) is 1. The molecule has 126 valence electrons. The number of ether oxygens (including phenoxy) is 1. The molecular weight excluding hydrogens is 391 g/mol. The number of nitrogens with two attached hydrogens (primary N) is 1. The van der Waals surface area contributed by atoms with Crippen molar-refractivity contribution in [3.8, 4) is 5.75 Å². The number of hydrogen-bond donors (Lipinski definition) is 2. The summed E-state index contributed by atoms with van der Waals surface area (Å²) in [6.07, 6.45) is 2.19. The Bertz CT molecular complexity index is 436. The summed E-state index contributed by atoms with van der Waals surface area (Å²) < 4.78 is 5.26. The summed E-state index contributed by atoms with van der Waals surface area (Å²) in [6, 6.07) is 7.66. The summed E-state index contributed by atoms with van der Waals surface area (Å²) in [5, 5.41) is 3.08. The van der Waals surface area contributed by atoms with E-state index in [1.807, 2.05) is 24.3 Å². The third kappa shape index (κ3) is 7.84. The summed E-state index contributed by atoms with van der Waals surface area (Å²) in [5.74, 6) is 1.19. The van der Waals surface area contributed by atoms with Gasteiger partial charge in [0.15, 0.2) is 5.96 Å². The highest BCUT2D eigenvalue weighted by Gasteiger charge is 2.02. The summed E-state index contributed by atoms with van der Waals surface area (Å²) >= 11 is 0. The SMILES string of the molecule is CCN(CC)CCCCN=C(N)Nc1ccccc1OC.I. The lowest BCUT2D eigenvalue weighted by atomic mass is 10.3. The van der Waals surface area contributed by atoms with E-state index in [9.17, 15) is 0 Å². The lowest BCUT2D eigenvalue weighted by Crippen LogP contribution is -2.24. The van der Waals surface area contributed by atoms with E-state index in [1.165, 1.54) is 0 Å². The van der Waals surface area contributed by atoms with Gasteiger partial charge in [0, 0.05) is 6.54 Å². The maximum absolute atomic E-state index is 5.90. The quantitative estimate of drug-likeness (QED) is 0.279. The Morgan fingerprint density at radius 3 is 2.55 bits per heavy atom. The highest BCUT2D eigenvalue weighted by atomic mass is 127. The van der Waals surface area contributed by atoms with Crippen molar-refractivity contribution in [2.45, 2.75) is 26.7 Å². The van der Waals surface area contributed by atoms with Crippen LogP contribution >= 0.6 is 24.0 Å². The van der Waals surface area contributed by atoms with Crippen molar-refractivity contribution in [3.05, 3.63) is 24.3 Å². The van der Waals surface area contributed by atoms with Crippen LogP contribution in [0.25, 0.3) is 0 Å². The first-order valence-electron chi connectivity index (χ1n) is 7.63. The van der Waals surface area contributed by atoms with E-state index in [0.717, 1.165) is 50.5 Å². The van der Waals surface area contributed by atoms with Gasteiger partial charge in [-0.25, -0.2) is 0 Å². The highest BCUT2D eigenvalue weighted by Crippen LogP contribution is 2.22. The molecule has 1 aromatic rings. The van der Waals surface area contributed by atoms with Crippen molar-refractivity contribution in [3.63, 3.8) is 0 Å². The Hall–Kier alpha value is -1.02. The minimum atomic E-state index is 0. The van der Waals surface area contributed by atoms with E-state index in [2.05, 4.69) is 29.1 Å². The van der Waals surface area contributed by atoms with E-state index < -0.39 is 0 Å². The fourth-order valence-corrected chi connectivity index (χ4v) is 2.11. The molecule has 1 rings (SSSR count). The molecular formula is C16H29IN4O. The van der Waals surface area contributed by atoms with Crippen LogP contribution in [0.3, 0.4) is 0 Å². The normalized spacial score (nSPS) is 11.2. The molecule has 0 saturated carbocycles. The zero-order chi connectivity index (χ0) is 15.5. The van der Waals surface area contributed by atoms with Crippen molar-refractivity contribution < 1.29 is 4.74 Å². The number of halogens is 1. The van der Waals surface area contributed by atoms with Gasteiger partial charge in [0.2, 0.25) is 0 Å². The maximum Gasteiger partial charge on any atom is 0.193 e. The molecule has 0 radical (unpaired) electrons. The fourth-order valence-electron chi connectivity index (χ4n) is 2.11. The molecule has 0 aliphatic heterocycles. The summed E-state index contributed by atoms with van der Waals surface area (Å²) in [5.41, 5.74) is 6.73. The first kappa shape index (κ1) is 21.0. The van der Waals surface area contributed by atoms with Crippen LogP contribution in [0.5, 0.6) is 5.75 Å². The first-order chi connectivity index (χ1) is 10.2. The number of unbranched alkanes of at least 4 members (excludes halogenated alkanes) is 1. The van der Waals surface area contributed by atoms with Crippen LogP contribution in [0.15, 0.2) is 29.3 Å². The summed E-state index contributed by atoms with van der Waals surface area (Å²) in [6.45, 7) is 8.47. The fraction of sp³-hybridized carbons (Fsp3) is 0.562. The van der Waals surface area contributed by atoms with Gasteiger partial charge in [0.1, 0.15) is 5.75 Å². The van der Waals surface area contributed by atoms with Gasteiger partial charge in [-0.1, -0.05) is 26.0 Å². The van der Waals surface area contributed by atoms with Gasteiger partial charge in [-0.3, -0.25) is 4.99 Å². The van der Waals surface area contributed by atoms with Crippen molar-refractivity contribution >= 4 is 35.6 Å². The van der Waals surface area contributed by atoms with Crippen molar-refractivity contribution in [1.82, 2.24) is 4.90 Å². The minimum absolute atomic E-state index is 0. The lowest BCUT2D eigenvalue weighted by molar-refractivity contribution is 0.298. The highest BCUT2D eigenvalue weighted by molar-refractivity contribution is 14.0. The number of hydrogen-bond acceptors (Lipinski definition) is 3. The molecule has 0 aliphatic carbocycles. The molecule has 0 saturated heterocycles. The second kappa shape index (κ2) is 12.5. The molecule has 0 amide bonds. The molecule has 0 spiro atoms. The van der Waals surface area contributed by atoms with Gasteiger partial charge in [0.25, 0.3) is 0 Å². The number of aliphatic imine (C=N–C) groups is 1. The second-order valence-corrected chi connectivity index (χ2v) is 4.83. The predicted molar refractivity (Wildman–Crippen MR) is 106 cm³/mol. The number of guanidine groups is 1. The van der Waals surface area contributed by atoms with E-state index in [0.29, 0.717) is 5.96 Å². The molecule has 0 fully saturated rings. The zero-order valence-corrected chi connectivity index (χ0v) is 16.2. The van der Waals surface area contributed by atoms with Crippen LogP contribution in [0.2, 0.25) is 0 Å². The number of benzene rings is 1. The maximum atomic E-state index is 5.90. The Morgan fingerprint density at radius 2 is 1.91 bits per heavy atom. The third-order valence-electron chi connectivity index (χ3n) is 3.43.